The summed E-state index contributed by atoms with van der Waals surface area (Å²) in [4.78, 5) is 19.0. The molecular weight excluding hydrogens is 468 g/mol. The van der Waals surface area contributed by atoms with Gasteiger partial charge < -0.3 is 19.3 Å². The van der Waals surface area contributed by atoms with Crippen LogP contribution in [0.2, 0.25) is 0 Å². The van der Waals surface area contributed by atoms with Crippen molar-refractivity contribution in [2.45, 2.75) is 24.3 Å². The zero-order valence-electron chi connectivity index (χ0n) is 20.1. The normalized spacial score (nSPS) is 20.2. The van der Waals surface area contributed by atoms with Crippen LogP contribution >= 0.6 is 0 Å². The lowest BCUT2D eigenvalue weighted by Crippen LogP contribution is -2.55. The molecule has 1 aromatic carbocycles. The fourth-order valence-corrected chi connectivity index (χ4v) is 6.97. The molecule has 5 rings (SSSR count). The predicted molar refractivity (Wildman–Crippen MR) is 132 cm³/mol. The van der Waals surface area contributed by atoms with E-state index in [1.165, 1.54) is 10.6 Å². The third kappa shape index (κ3) is 3.80. The van der Waals surface area contributed by atoms with Crippen molar-refractivity contribution >= 4 is 26.8 Å². The van der Waals surface area contributed by atoms with Gasteiger partial charge in [0, 0.05) is 55.4 Å². The molecule has 1 saturated heterocycles. The van der Waals surface area contributed by atoms with Gasteiger partial charge in [-0.15, -0.1) is 0 Å². The lowest BCUT2D eigenvalue weighted by molar-refractivity contribution is 0.0593. The van der Waals surface area contributed by atoms with Crippen molar-refractivity contribution in [3.8, 4) is 5.75 Å². The standard InChI is InChI=1S/C25H30N4O5S/c1-27-20-14-17(34-2)7-8-18(20)22-23(27)21(15-30)29(35(3,32)33)16-25(22)9-12-28(13-10-25)24(31)19-6-4-5-11-26-19/h4-8,11,14,21,30H,9-10,12-13,15-16H2,1-3H3/t21-/m0/s1. The molecule has 10 heteroatoms. The topological polar surface area (TPSA) is 105 Å². The Kier molecular flexibility index (Phi) is 5.85. The number of hydrogen-bond acceptors (Lipinski definition) is 6. The Morgan fingerprint density at radius 2 is 1.97 bits per heavy atom. The summed E-state index contributed by atoms with van der Waals surface area (Å²) in [6, 6.07) is 10.5. The van der Waals surface area contributed by atoms with E-state index in [4.69, 9.17) is 4.74 Å². The van der Waals surface area contributed by atoms with E-state index in [2.05, 4.69) is 4.98 Å². The Morgan fingerprint density at radius 3 is 2.57 bits per heavy atom. The second kappa shape index (κ2) is 8.61. The first kappa shape index (κ1) is 23.8. The first-order chi connectivity index (χ1) is 16.7. The molecule has 2 aromatic heterocycles. The molecule has 9 nitrogen and oxygen atoms in total. The van der Waals surface area contributed by atoms with Gasteiger partial charge in [0.15, 0.2) is 0 Å². The van der Waals surface area contributed by atoms with Crippen LogP contribution in [0.15, 0.2) is 42.6 Å². The van der Waals surface area contributed by atoms with Gasteiger partial charge in [-0.1, -0.05) is 6.07 Å². The van der Waals surface area contributed by atoms with Crippen molar-refractivity contribution < 1.29 is 23.1 Å². The Labute approximate surface area is 205 Å². The third-order valence-corrected chi connectivity index (χ3v) is 8.83. The Hall–Kier alpha value is -2.95. The molecule has 3 aromatic rings. The van der Waals surface area contributed by atoms with E-state index < -0.39 is 21.5 Å². The number of rotatable bonds is 4. The number of likely N-dealkylation sites (tertiary alicyclic amines) is 1. The molecular formula is C25H30N4O5S. The molecule has 0 radical (unpaired) electrons. The van der Waals surface area contributed by atoms with Crippen LogP contribution in [0.25, 0.3) is 10.9 Å². The quantitative estimate of drug-likeness (QED) is 0.591. The number of ether oxygens (including phenoxy) is 1. The van der Waals surface area contributed by atoms with E-state index in [9.17, 15) is 18.3 Å². The van der Waals surface area contributed by atoms with Gasteiger partial charge in [0.25, 0.3) is 5.91 Å². The zero-order valence-corrected chi connectivity index (χ0v) is 21.0. The smallest absolute Gasteiger partial charge is 0.272 e. The lowest BCUT2D eigenvalue weighted by Gasteiger charge is -2.49. The SMILES string of the molecule is COc1ccc2c3c(n(C)c2c1)[C@H](CO)N(S(C)(=O)=O)CC31CCN(C(=O)c2ccccn2)CC1. The van der Waals surface area contributed by atoms with Crippen molar-refractivity contribution in [2.75, 3.05) is 39.6 Å². The van der Waals surface area contributed by atoms with E-state index in [0.717, 1.165) is 22.2 Å². The number of benzene rings is 1. The molecule has 35 heavy (non-hydrogen) atoms. The molecule has 2 aliphatic rings. The van der Waals surface area contributed by atoms with E-state index in [1.54, 1.807) is 36.4 Å². The van der Waals surface area contributed by atoms with Gasteiger partial charge in [0.05, 0.1) is 31.5 Å². The number of aliphatic hydroxyl groups is 1. The Morgan fingerprint density at radius 1 is 1.23 bits per heavy atom. The van der Waals surface area contributed by atoms with Crippen molar-refractivity contribution in [3.05, 3.63) is 59.5 Å². The monoisotopic (exact) mass is 498 g/mol. The maximum Gasteiger partial charge on any atom is 0.272 e. The molecule has 4 heterocycles. The van der Waals surface area contributed by atoms with Crippen LogP contribution in [0.4, 0.5) is 0 Å². The number of aromatic nitrogens is 2. The molecule has 1 amide bonds. The van der Waals surface area contributed by atoms with Gasteiger partial charge in [-0.3, -0.25) is 9.78 Å². The van der Waals surface area contributed by atoms with Gasteiger partial charge in [0.2, 0.25) is 10.0 Å². The largest absolute Gasteiger partial charge is 0.497 e. The third-order valence-electron chi connectivity index (χ3n) is 7.60. The average molecular weight is 499 g/mol. The second-order valence-electron chi connectivity index (χ2n) is 9.50. The number of carbonyl (C=O) groups is 1. The highest BCUT2D eigenvalue weighted by Crippen LogP contribution is 2.50. The Balaban J connectivity index is 1.62. The van der Waals surface area contributed by atoms with Crippen molar-refractivity contribution in [1.82, 2.24) is 18.8 Å². The summed E-state index contributed by atoms with van der Waals surface area (Å²) in [6.45, 7) is 0.925. The summed E-state index contributed by atoms with van der Waals surface area (Å²) >= 11 is 0. The van der Waals surface area contributed by atoms with Crippen LogP contribution in [-0.4, -0.2) is 77.8 Å². The molecule has 1 atom stereocenters. The van der Waals surface area contributed by atoms with Crippen LogP contribution in [0.5, 0.6) is 5.75 Å². The molecule has 0 saturated carbocycles. The van der Waals surface area contributed by atoms with Gasteiger partial charge in [0.1, 0.15) is 11.4 Å². The van der Waals surface area contributed by atoms with Gasteiger partial charge in [-0.05, 0) is 42.7 Å². The fourth-order valence-electron chi connectivity index (χ4n) is 5.86. The number of sulfonamides is 1. The van der Waals surface area contributed by atoms with Crippen LogP contribution in [0.3, 0.4) is 0 Å². The summed E-state index contributed by atoms with van der Waals surface area (Å²) in [5.74, 6) is 0.591. The number of pyridine rings is 1. The fraction of sp³-hybridized carbons (Fsp3) is 0.440. The maximum atomic E-state index is 13.0. The number of hydrogen-bond donors (Lipinski definition) is 1. The first-order valence-electron chi connectivity index (χ1n) is 11.6. The maximum absolute atomic E-state index is 13.0. The van der Waals surface area contributed by atoms with Crippen LogP contribution < -0.4 is 4.74 Å². The number of methoxy groups -OCH3 is 1. The van der Waals surface area contributed by atoms with E-state index in [0.29, 0.717) is 37.4 Å². The van der Waals surface area contributed by atoms with E-state index in [-0.39, 0.29) is 19.1 Å². The highest BCUT2D eigenvalue weighted by atomic mass is 32.2. The molecule has 2 aliphatic heterocycles. The number of nitrogens with zero attached hydrogens (tertiary/aromatic N) is 4. The van der Waals surface area contributed by atoms with Crippen molar-refractivity contribution in [2.24, 2.45) is 7.05 Å². The zero-order chi connectivity index (χ0) is 25.0. The summed E-state index contributed by atoms with van der Waals surface area (Å²) in [5, 5.41) is 11.4. The van der Waals surface area contributed by atoms with E-state index in [1.807, 2.05) is 29.8 Å². The second-order valence-corrected chi connectivity index (χ2v) is 11.4. The van der Waals surface area contributed by atoms with Crippen molar-refractivity contribution in [3.63, 3.8) is 0 Å². The minimum absolute atomic E-state index is 0.118. The average Bonchev–Trinajstić information content (AvgIpc) is 3.17. The minimum Gasteiger partial charge on any atom is -0.497 e. The van der Waals surface area contributed by atoms with Crippen LogP contribution in [0.1, 0.15) is 40.6 Å². The highest BCUT2D eigenvalue weighted by Gasteiger charge is 2.50. The number of fused-ring (bicyclic) bond motifs is 4. The number of aryl methyl sites for hydroxylation is 1. The van der Waals surface area contributed by atoms with Gasteiger partial charge in [-0.2, -0.15) is 4.31 Å². The van der Waals surface area contributed by atoms with Crippen LogP contribution in [-0.2, 0) is 22.5 Å². The highest BCUT2D eigenvalue weighted by molar-refractivity contribution is 7.88. The Bertz CT molecular complexity index is 1380. The molecule has 1 spiro atoms. The van der Waals surface area contributed by atoms with Gasteiger partial charge in [-0.25, -0.2) is 8.42 Å². The molecule has 0 bridgehead atoms. The van der Waals surface area contributed by atoms with Gasteiger partial charge >= 0.3 is 0 Å². The minimum atomic E-state index is -3.60. The lowest BCUT2D eigenvalue weighted by atomic mass is 9.69. The van der Waals surface area contributed by atoms with Crippen LogP contribution in [0, 0.1) is 0 Å². The molecule has 1 fully saturated rings. The summed E-state index contributed by atoms with van der Waals surface area (Å²) < 4.78 is 34.6. The predicted octanol–water partition coefficient (Wildman–Crippen LogP) is 2.06. The van der Waals surface area contributed by atoms with Crippen molar-refractivity contribution in [1.29, 1.82) is 0 Å². The number of amides is 1. The molecule has 186 valence electrons. The first-order valence-corrected chi connectivity index (χ1v) is 13.5. The molecule has 0 aliphatic carbocycles. The summed E-state index contributed by atoms with van der Waals surface area (Å²) in [5.41, 5.74) is 2.72. The van der Waals surface area contributed by atoms with E-state index >= 15 is 0 Å². The number of aliphatic hydroxyl groups excluding tert-OH is 1. The summed E-state index contributed by atoms with van der Waals surface area (Å²) in [6.07, 6.45) is 4.01. The number of piperidine rings is 1. The number of carbonyl (C=O) groups excluding carboxylic acids is 1. The summed E-state index contributed by atoms with van der Waals surface area (Å²) in [7, 11) is -0.0822. The molecule has 0 unspecified atom stereocenters. The molecule has 1 N–H and O–H groups in total.